The number of aromatic nitrogens is 3. The maximum absolute atomic E-state index is 13.1. The Morgan fingerprint density at radius 1 is 1.08 bits per heavy atom. The number of pyridine rings is 1. The summed E-state index contributed by atoms with van der Waals surface area (Å²) in [5.74, 6) is -2.41. The van der Waals surface area contributed by atoms with Crippen LogP contribution in [-0.4, -0.2) is 68.5 Å². The molecule has 1 fully saturated rings. The summed E-state index contributed by atoms with van der Waals surface area (Å²) in [7, 11) is 0. The van der Waals surface area contributed by atoms with Crippen LogP contribution in [0.15, 0.2) is 36.9 Å². The van der Waals surface area contributed by atoms with E-state index in [0.717, 1.165) is 4.90 Å². The number of carbonyl (C=O) groups is 5. The van der Waals surface area contributed by atoms with E-state index in [2.05, 4.69) is 30.9 Å². The monoisotopic (exact) mass is 489 g/mol. The maximum Gasteiger partial charge on any atom is 0.264 e. The van der Waals surface area contributed by atoms with Crippen LogP contribution >= 0.6 is 0 Å². The molecule has 1 atom stereocenters. The van der Waals surface area contributed by atoms with Gasteiger partial charge in [-0.3, -0.25) is 39.2 Å². The molecule has 184 valence electrons. The lowest BCUT2D eigenvalue weighted by molar-refractivity contribution is -0.136. The molecule has 2 aliphatic heterocycles. The van der Waals surface area contributed by atoms with Crippen LogP contribution in [0.4, 0.5) is 5.69 Å². The molecule has 1 aromatic carbocycles. The molecule has 0 saturated carbocycles. The van der Waals surface area contributed by atoms with Crippen molar-refractivity contribution in [2.45, 2.75) is 31.7 Å². The number of fused-ring (bicyclic) bond motifs is 2. The van der Waals surface area contributed by atoms with Crippen molar-refractivity contribution in [3.8, 4) is 0 Å². The van der Waals surface area contributed by atoms with E-state index in [0.29, 0.717) is 48.2 Å². The maximum atomic E-state index is 13.1. The van der Waals surface area contributed by atoms with Crippen LogP contribution in [0.5, 0.6) is 0 Å². The zero-order valence-corrected chi connectivity index (χ0v) is 19.2. The fourth-order valence-electron chi connectivity index (χ4n) is 4.46. The Kier molecular flexibility index (Phi) is 6.15. The first-order valence-electron chi connectivity index (χ1n) is 11.6. The molecule has 4 heterocycles. The molecule has 1 unspecified atom stereocenters. The number of nitrogens with zero attached hydrogens (tertiary/aromatic N) is 3. The summed E-state index contributed by atoms with van der Waals surface area (Å²) in [6, 6.07) is 3.92. The number of anilines is 1. The van der Waals surface area contributed by atoms with E-state index in [-0.39, 0.29) is 29.9 Å². The van der Waals surface area contributed by atoms with E-state index < -0.39 is 29.7 Å². The summed E-state index contributed by atoms with van der Waals surface area (Å²) >= 11 is 0. The normalized spacial score (nSPS) is 17.3. The fraction of sp³-hybridized carbons (Fsp3) is 0.292. The highest BCUT2D eigenvalue weighted by Crippen LogP contribution is 2.32. The van der Waals surface area contributed by atoms with Crippen molar-refractivity contribution in [3.63, 3.8) is 0 Å². The van der Waals surface area contributed by atoms with Gasteiger partial charge in [-0.25, -0.2) is 4.98 Å². The lowest BCUT2D eigenvalue weighted by Gasteiger charge is -2.27. The van der Waals surface area contributed by atoms with Gasteiger partial charge in [0.05, 0.1) is 34.7 Å². The summed E-state index contributed by atoms with van der Waals surface area (Å²) in [5, 5.41) is 8.23. The summed E-state index contributed by atoms with van der Waals surface area (Å²) in [4.78, 5) is 74.3. The van der Waals surface area contributed by atoms with Gasteiger partial charge in [-0.2, -0.15) is 0 Å². The Morgan fingerprint density at radius 3 is 2.75 bits per heavy atom. The molecule has 2 aliphatic rings. The number of carbonyl (C=O) groups excluding carboxylic acids is 5. The average Bonchev–Trinajstić information content (AvgIpc) is 3.45. The molecular weight excluding hydrogens is 466 g/mol. The number of nitrogens with one attached hydrogen (secondary N) is 4. The Morgan fingerprint density at radius 2 is 1.92 bits per heavy atom. The topological polar surface area (TPSA) is 166 Å². The molecule has 1 saturated heterocycles. The number of hydrogen-bond donors (Lipinski definition) is 4. The Balaban J connectivity index is 1.15. The highest BCUT2D eigenvalue weighted by molar-refractivity contribution is 6.25. The van der Waals surface area contributed by atoms with E-state index in [1.54, 1.807) is 24.4 Å². The van der Waals surface area contributed by atoms with Crippen molar-refractivity contribution >= 4 is 46.3 Å². The van der Waals surface area contributed by atoms with Crippen LogP contribution < -0.4 is 16.0 Å². The minimum Gasteiger partial charge on any atom is -0.384 e. The van der Waals surface area contributed by atoms with Gasteiger partial charge in [0.25, 0.3) is 17.7 Å². The molecule has 3 aromatic rings. The van der Waals surface area contributed by atoms with Crippen LogP contribution in [0.25, 0.3) is 11.0 Å². The van der Waals surface area contributed by atoms with Crippen molar-refractivity contribution in [1.82, 2.24) is 30.5 Å². The van der Waals surface area contributed by atoms with Gasteiger partial charge >= 0.3 is 0 Å². The SMILES string of the molecule is O=C1CCC(N2C(=O)c3cccc(NCCCCNC(=O)c4cncc5[nH]cnc45)c3C2=O)C(=O)N1. The van der Waals surface area contributed by atoms with Gasteiger partial charge in [-0.15, -0.1) is 0 Å². The van der Waals surface area contributed by atoms with E-state index in [4.69, 9.17) is 0 Å². The lowest BCUT2D eigenvalue weighted by atomic mass is 10.0. The number of amides is 5. The zero-order valence-electron chi connectivity index (χ0n) is 19.2. The quantitative estimate of drug-likeness (QED) is 0.268. The molecule has 0 spiro atoms. The lowest BCUT2D eigenvalue weighted by Crippen LogP contribution is -2.54. The molecule has 0 bridgehead atoms. The standard InChI is InChI=1S/C24H23N7O5/c32-18-7-6-17(22(34)30-18)31-23(35)13-4-3-5-15(19(13)24(31)36)26-8-1-2-9-27-21(33)14-10-25-11-16-20(14)29-12-28-16/h3-5,10-12,17,26H,1-2,6-9H2,(H,27,33)(H,28,29)(H,30,32,34). The van der Waals surface area contributed by atoms with Crippen LogP contribution in [0.1, 0.15) is 56.8 Å². The predicted octanol–water partition coefficient (Wildman–Crippen LogP) is 0.981. The van der Waals surface area contributed by atoms with Gasteiger partial charge in [-0.1, -0.05) is 6.07 Å². The second kappa shape index (κ2) is 9.56. The van der Waals surface area contributed by atoms with Gasteiger partial charge in [0.1, 0.15) is 11.6 Å². The van der Waals surface area contributed by atoms with Gasteiger partial charge in [0, 0.05) is 31.4 Å². The third-order valence-corrected chi connectivity index (χ3v) is 6.25. The van der Waals surface area contributed by atoms with Crippen LogP contribution in [0, 0.1) is 0 Å². The molecule has 12 nitrogen and oxygen atoms in total. The summed E-state index contributed by atoms with van der Waals surface area (Å²) in [5.41, 5.74) is 2.60. The smallest absolute Gasteiger partial charge is 0.264 e. The van der Waals surface area contributed by atoms with E-state index in [1.807, 2.05) is 0 Å². The summed E-state index contributed by atoms with van der Waals surface area (Å²) < 4.78 is 0. The Bertz CT molecular complexity index is 1400. The van der Waals surface area contributed by atoms with Crippen molar-refractivity contribution in [1.29, 1.82) is 0 Å². The number of imidazole rings is 1. The van der Waals surface area contributed by atoms with E-state index in [9.17, 15) is 24.0 Å². The van der Waals surface area contributed by atoms with Crippen molar-refractivity contribution in [3.05, 3.63) is 53.6 Å². The van der Waals surface area contributed by atoms with Crippen LogP contribution in [0.2, 0.25) is 0 Å². The average molecular weight is 489 g/mol. The molecule has 12 heteroatoms. The van der Waals surface area contributed by atoms with Gasteiger partial charge < -0.3 is 15.6 Å². The molecule has 0 aliphatic carbocycles. The predicted molar refractivity (Wildman–Crippen MR) is 127 cm³/mol. The zero-order chi connectivity index (χ0) is 25.2. The van der Waals surface area contributed by atoms with Crippen molar-refractivity contribution in [2.75, 3.05) is 18.4 Å². The minimum atomic E-state index is -1.01. The fourth-order valence-corrected chi connectivity index (χ4v) is 4.46. The van der Waals surface area contributed by atoms with E-state index in [1.165, 1.54) is 12.5 Å². The highest BCUT2D eigenvalue weighted by atomic mass is 16.2. The number of H-pyrrole nitrogens is 1. The third-order valence-electron chi connectivity index (χ3n) is 6.25. The van der Waals surface area contributed by atoms with Crippen molar-refractivity contribution in [2.24, 2.45) is 0 Å². The van der Waals surface area contributed by atoms with Gasteiger partial charge in [0.2, 0.25) is 11.8 Å². The number of hydrogen-bond acceptors (Lipinski definition) is 8. The number of rotatable bonds is 8. The first-order chi connectivity index (χ1) is 17.5. The molecule has 5 amide bonds. The van der Waals surface area contributed by atoms with Crippen molar-refractivity contribution < 1.29 is 24.0 Å². The second-order valence-corrected chi connectivity index (χ2v) is 8.55. The van der Waals surface area contributed by atoms with Gasteiger partial charge in [0.15, 0.2) is 0 Å². The number of imide groups is 2. The van der Waals surface area contributed by atoms with E-state index >= 15 is 0 Å². The highest BCUT2D eigenvalue weighted by Gasteiger charge is 2.45. The largest absolute Gasteiger partial charge is 0.384 e. The molecule has 36 heavy (non-hydrogen) atoms. The number of aromatic amines is 1. The van der Waals surface area contributed by atoms with Crippen LogP contribution in [0.3, 0.4) is 0 Å². The summed E-state index contributed by atoms with van der Waals surface area (Å²) in [6.45, 7) is 0.942. The molecule has 5 rings (SSSR count). The number of piperidine rings is 1. The summed E-state index contributed by atoms with van der Waals surface area (Å²) in [6.07, 6.45) is 6.13. The first kappa shape index (κ1) is 23.1. The van der Waals surface area contributed by atoms with Crippen LogP contribution in [-0.2, 0) is 9.59 Å². The Labute approximate surface area is 204 Å². The first-order valence-corrected chi connectivity index (χ1v) is 11.6. The Hall–Kier alpha value is -4.61. The molecule has 2 aromatic heterocycles. The minimum absolute atomic E-state index is 0.0683. The molecular formula is C24H23N7O5. The third kappa shape index (κ3) is 4.17. The molecule has 4 N–H and O–H groups in total. The molecule has 0 radical (unpaired) electrons. The number of unbranched alkanes of at least 4 members (excludes halogenated alkanes) is 1. The van der Waals surface area contributed by atoms with Gasteiger partial charge in [-0.05, 0) is 31.4 Å². The second-order valence-electron chi connectivity index (χ2n) is 8.55. The number of benzene rings is 1.